The Morgan fingerprint density at radius 1 is 0.810 bits per heavy atom. The molecule has 0 bridgehead atoms. The van der Waals surface area contributed by atoms with Crippen LogP contribution >= 0.6 is 0 Å². The van der Waals surface area contributed by atoms with Gasteiger partial charge in [-0.05, 0) is 89.0 Å². The number of phenolic OH excluding ortho intramolecular Hbond substituents is 1. The van der Waals surface area contributed by atoms with Crippen molar-refractivity contribution in [3.8, 4) is 5.75 Å². The van der Waals surface area contributed by atoms with Crippen LogP contribution in [0, 0.1) is 63.7 Å². The van der Waals surface area contributed by atoms with E-state index in [2.05, 4.69) is 4.99 Å². The molecule has 0 amide bonds. The third kappa shape index (κ3) is 6.67. The normalized spacial score (nSPS) is 18.8. The van der Waals surface area contributed by atoms with Crippen LogP contribution in [-0.4, -0.2) is 10.8 Å². The first-order chi connectivity index (χ1) is 9.75. The second-order valence-corrected chi connectivity index (χ2v) is 4.35. The summed E-state index contributed by atoms with van der Waals surface area (Å²) < 4.78 is 0. The number of rotatable bonds is 2. The molecule has 2 fully saturated rings. The number of aromatic hydroxyl groups is 1. The molecule has 1 aromatic rings. The molecule has 0 saturated heterocycles. The summed E-state index contributed by atoms with van der Waals surface area (Å²) in [6, 6.07) is 6.86. The molecule has 106 valence electrons. The van der Waals surface area contributed by atoms with E-state index in [4.69, 9.17) is 5.11 Å². The average Bonchev–Trinajstić information content (AvgIpc) is 3.17. The minimum atomic E-state index is 0. The largest absolute Gasteiger partial charge is 2.00 e. The summed E-state index contributed by atoms with van der Waals surface area (Å²) in [7, 11) is 0. The zero-order chi connectivity index (χ0) is 14.2. The van der Waals surface area contributed by atoms with Crippen LogP contribution in [0.15, 0.2) is 29.3 Å². The van der Waals surface area contributed by atoms with Crippen LogP contribution in [0.5, 0.6) is 5.75 Å². The van der Waals surface area contributed by atoms with Crippen LogP contribution in [0.4, 0.5) is 5.69 Å². The molecule has 0 heterocycles. The van der Waals surface area contributed by atoms with Crippen LogP contribution in [0.2, 0.25) is 0 Å². The molecule has 10 radical (unpaired) electrons. The maximum atomic E-state index is 9.13. The van der Waals surface area contributed by atoms with Gasteiger partial charge in [-0.3, -0.25) is 4.99 Å². The summed E-state index contributed by atoms with van der Waals surface area (Å²) in [4.78, 5) is 4.45. The number of hydrogen-bond acceptors (Lipinski definition) is 2. The second kappa shape index (κ2) is 10.0. The zero-order valence-electron chi connectivity index (χ0n) is 11.8. The SMILES string of the molecule is CC(=Nc1ccc(O)cc1)[C]1[CH][CH][CH][CH]1.[CH]1[CH][CH][CH][CH]1.[Fe+2]. The van der Waals surface area contributed by atoms with Gasteiger partial charge in [0.1, 0.15) is 5.75 Å². The van der Waals surface area contributed by atoms with Gasteiger partial charge in [-0.1, -0.05) is 0 Å². The Morgan fingerprint density at radius 2 is 1.29 bits per heavy atom. The first-order valence-corrected chi connectivity index (χ1v) is 6.49. The predicted molar refractivity (Wildman–Crippen MR) is 82.8 cm³/mol. The van der Waals surface area contributed by atoms with Gasteiger partial charge in [0.25, 0.3) is 0 Å². The Balaban J connectivity index is 0.000000313. The van der Waals surface area contributed by atoms with E-state index < -0.39 is 0 Å². The fourth-order valence-corrected chi connectivity index (χ4v) is 1.72. The van der Waals surface area contributed by atoms with Crippen molar-refractivity contribution < 1.29 is 22.2 Å². The topological polar surface area (TPSA) is 32.6 Å². The van der Waals surface area contributed by atoms with Crippen molar-refractivity contribution in [3.05, 3.63) is 88.0 Å². The Labute approximate surface area is 139 Å². The second-order valence-electron chi connectivity index (χ2n) is 4.35. The van der Waals surface area contributed by atoms with Crippen molar-refractivity contribution in [2.75, 3.05) is 0 Å². The van der Waals surface area contributed by atoms with Gasteiger partial charge in [-0.15, -0.1) is 0 Å². The Kier molecular flexibility index (Phi) is 8.71. The number of aliphatic imine (C=N–C) groups is 1. The third-order valence-corrected chi connectivity index (χ3v) is 2.78. The maximum Gasteiger partial charge on any atom is 2.00 e. The quantitative estimate of drug-likeness (QED) is 0.651. The van der Waals surface area contributed by atoms with Crippen LogP contribution in [0.3, 0.4) is 0 Å². The monoisotopic (exact) mass is 319 g/mol. The molecular weight excluding hydrogens is 302 g/mol. The molecular formula is C18H17FeNO+2. The van der Waals surface area contributed by atoms with Gasteiger partial charge in [0, 0.05) is 11.6 Å². The van der Waals surface area contributed by atoms with Crippen molar-refractivity contribution in [2.24, 2.45) is 4.99 Å². The number of phenols is 1. The predicted octanol–water partition coefficient (Wildman–Crippen LogP) is 3.91. The van der Waals surface area contributed by atoms with Crippen LogP contribution in [0.25, 0.3) is 0 Å². The smallest absolute Gasteiger partial charge is 0.508 e. The summed E-state index contributed by atoms with van der Waals surface area (Å²) in [6.45, 7) is 1.97. The van der Waals surface area contributed by atoms with E-state index in [1.807, 2.05) is 64.7 Å². The minimum Gasteiger partial charge on any atom is -0.508 e. The molecule has 21 heavy (non-hydrogen) atoms. The van der Waals surface area contributed by atoms with Crippen LogP contribution in [0.1, 0.15) is 6.92 Å². The number of benzene rings is 1. The summed E-state index contributed by atoms with van der Waals surface area (Å²) >= 11 is 0. The van der Waals surface area contributed by atoms with E-state index in [-0.39, 0.29) is 22.8 Å². The van der Waals surface area contributed by atoms with Crippen molar-refractivity contribution >= 4 is 11.4 Å². The molecule has 2 aliphatic carbocycles. The van der Waals surface area contributed by atoms with Gasteiger partial charge in [0.15, 0.2) is 0 Å². The molecule has 1 aromatic carbocycles. The molecule has 0 spiro atoms. The number of hydrogen-bond donors (Lipinski definition) is 1. The molecule has 3 heteroatoms. The van der Waals surface area contributed by atoms with Crippen LogP contribution < -0.4 is 0 Å². The van der Waals surface area contributed by atoms with E-state index in [0.717, 1.165) is 17.3 Å². The van der Waals surface area contributed by atoms with Crippen molar-refractivity contribution in [1.29, 1.82) is 0 Å². The molecule has 0 unspecified atom stereocenters. The molecule has 2 saturated carbocycles. The van der Waals surface area contributed by atoms with Gasteiger partial charge < -0.3 is 5.11 Å². The first-order valence-electron chi connectivity index (χ1n) is 6.49. The summed E-state index contributed by atoms with van der Waals surface area (Å²) in [5.41, 5.74) is 1.83. The van der Waals surface area contributed by atoms with E-state index in [0.29, 0.717) is 0 Å². The minimum absolute atomic E-state index is 0. The van der Waals surface area contributed by atoms with Crippen molar-refractivity contribution in [1.82, 2.24) is 0 Å². The fraction of sp³-hybridized carbons (Fsp3) is 0.0556. The fourth-order valence-electron chi connectivity index (χ4n) is 1.72. The molecule has 2 nitrogen and oxygen atoms in total. The molecule has 1 N–H and O–H groups in total. The van der Waals surface area contributed by atoms with Crippen molar-refractivity contribution in [2.45, 2.75) is 6.92 Å². The van der Waals surface area contributed by atoms with E-state index in [1.165, 1.54) is 0 Å². The molecule has 0 atom stereocenters. The van der Waals surface area contributed by atoms with E-state index in [1.54, 1.807) is 24.3 Å². The Bertz CT molecular complexity index is 410. The third-order valence-electron chi connectivity index (χ3n) is 2.78. The van der Waals surface area contributed by atoms with Crippen molar-refractivity contribution in [3.63, 3.8) is 0 Å². The van der Waals surface area contributed by atoms with Gasteiger partial charge in [-0.25, -0.2) is 0 Å². The van der Waals surface area contributed by atoms with Gasteiger partial charge >= 0.3 is 17.1 Å². The summed E-state index contributed by atoms with van der Waals surface area (Å²) in [6.07, 6.45) is 18.0. The molecule has 2 aliphatic rings. The zero-order valence-corrected chi connectivity index (χ0v) is 12.9. The van der Waals surface area contributed by atoms with Gasteiger partial charge in [0.05, 0.1) is 5.69 Å². The van der Waals surface area contributed by atoms with E-state index in [9.17, 15) is 0 Å². The maximum absolute atomic E-state index is 9.13. The summed E-state index contributed by atoms with van der Waals surface area (Å²) in [5, 5.41) is 9.13. The van der Waals surface area contributed by atoms with Crippen LogP contribution in [-0.2, 0) is 17.1 Å². The van der Waals surface area contributed by atoms with Gasteiger partial charge in [0.2, 0.25) is 0 Å². The summed E-state index contributed by atoms with van der Waals surface area (Å²) in [5.74, 6) is 1.39. The molecule has 0 aliphatic heterocycles. The Hall–Kier alpha value is -0.791. The average molecular weight is 319 g/mol. The van der Waals surface area contributed by atoms with Gasteiger partial charge in [-0.2, -0.15) is 0 Å². The molecule has 3 rings (SSSR count). The Morgan fingerprint density at radius 3 is 1.76 bits per heavy atom. The number of nitrogens with zero attached hydrogens (tertiary/aromatic N) is 1. The first kappa shape index (κ1) is 18.3. The standard InChI is InChI=1S/C13H12NO.C5H5.Fe/c1-10(11-4-2-3-5-11)14-12-6-8-13(15)9-7-12;1-2-4-5-3-1;/h2-9,15H,1H3;1-5H;/q;;+2. The van der Waals surface area contributed by atoms with E-state index >= 15 is 0 Å². The molecule has 0 aromatic heterocycles.